The minimum absolute atomic E-state index is 0. The van der Waals surface area contributed by atoms with Gasteiger partial charge < -0.3 is 18.8 Å². The number of pyridine rings is 2. The molecule has 47 heavy (non-hydrogen) atoms. The first-order valence-corrected chi connectivity index (χ1v) is 15.6. The Hall–Kier alpha value is -4.90. The molecule has 0 saturated carbocycles. The van der Waals surface area contributed by atoms with E-state index in [0.29, 0.717) is 23.3 Å². The molecule has 0 N–H and O–H groups in total. The fourth-order valence-corrected chi connectivity index (χ4v) is 5.51. The quantitative estimate of drug-likeness (QED) is 0.162. The number of rotatable bonds is 5. The number of benzene rings is 4. The van der Waals surface area contributed by atoms with Gasteiger partial charge in [-0.25, -0.2) is 4.98 Å². The van der Waals surface area contributed by atoms with Crippen molar-refractivity contribution in [2.45, 2.75) is 39.5 Å². The van der Waals surface area contributed by atoms with Crippen LogP contribution in [0.4, 0.5) is 0 Å². The Kier molecular flexibility index (Phi) is 9.44. The average molecular weight is 792 g/mol. The number of hydrogen-bond acceptors (Lipinski definition) is 5. The number of aromatic nitrogens is 3. The maximum absolute atomic E-state index is 6.30. The average Bonchev–Trinajstić information content (AvgIpc) is 3.69. The van der Waals surface area contributed by atoms with Crippen LogP contribution in [-0.2, 0) is 20.1 Å². The van der Waals surface area contributed by atoms with Gasteiger partial charge in [-0.1, -0.05) is 80.1 Å². The third-order valence-corrected chi connectivity index (χ3v) is 8.10. The van der Waals surface area contributed by atoms with Gasteiger partial charge in [0.2, 0.25) is 5.89 Å². The minimum atomic E-state index is 0. The number of nitrogens with zero attached hydrogens (tertiary/aromatic N) is 3. The molecule has 8 rings (SSSR count). The van der Waals surface area contributed by atoms with Crippen LogP contribution in [0.2, 0.25) is 0 Å². The molecule has 0 amide bonds. The largest absolute Gasteiger partial charge is 0.500 e. The SMILES string of the molecule is CC(C)c1ccnc(-c2[c-]ccc3c2oc2cc4oc(-c5ccccc5)nc4cc23)c1.CC(C)c1ccnc(-c2[c-]cccc2)c1.[Ir]. The zero-order valence-corrected chi connectivity index (χ0v) is 29.0. The van der Waals surface area contributed by atoms with Gasteiger partial charge >= 0.3 is 0 Å². The van der Waals surface area contributed by atoms with E-state index in [2.05, 4.69) is 74.1 Å². The molecule has 0 bridgehead atoms. The summed E-state index contributed by atoms with van der Waals surface area (Å²) in [5.41, 5.74) is 10.4. The van der Waals surface area contributed by atoms with E-state index >= 15 is 0 Å². The van der Waals surface area contributed by atoms with E-state index in [9.17, 15) is 0 Å². The molecule has 0 spiro atoms. The molecular formula is C41H33IrN3O2-2. The van der Waals surface area contributed by atoms with E-state index in [0.717, 1.165) is 55.5 Å². The summed E-state index contributed by atoms with van der Waals surface area (Å²) in [5, 5.41) is 2.03. The summed E-state index contributed by atoms with van der Waals surface area (Å²) in [7, 11) is 0. The van der Waals surface area contributed by atoms with Crippen LogP contribution in [-0.4, -0.2) is 15.0 Å². The molecule has 4 aromatic carbocycles. The van der Waals surface area contributed by atoms with Crippen LogP contribution in [0.25, 0.3) is 67.0 Å². The molecule has 0 atom stereocenters. The molecule has 0 fully saturated rings. The number of furan rings is 1. The molecule has 0 aliphatic carbocycles. The van der Waals surface area contributed by atoms with Crippen molar-refractivity contribution in [1.29, 1.82) is 0 Å². The molecule has 8 aromatic rings. The Labute approximate surface area is 288 Å². The van der Waals surface area contributed by atoms with Crippen LogP contribution in [0.3, 0.4) is 0 Å². The van der Waals surface area contributed by atoms with Crippen molar-refractivity contribution in [3.63, 3.8) is 0 Å². The summed E-state index contributed by atoms with van der Waals surface area (Å²) in [6.07, 6.45) is 3.72. The Morgan fingerprint density at radius 2 is 1.32 bits per heavy atom. The number of oxazole rings is 1. The topological polar surface area (TPSA) is 65.0 Å². The molecule has 0 unspecified atom stereocenters. The van der Waals surface area contributed by atoms with Crippen LogP contribution in [0.1, 0.15) is 50.7 Å². The second-order valence-electron chi connectivity index (χ2n) is 11.9. The summed E-state index contributed by atoms with van der Waals surface area (Å²) >= 11 is 0. The molecule has 0 aliphatic rings. The predicted molar refractivity (Wildman–Crippen MR) is 185 cm³/mol. The maximum atomic E-state index is 6.30. The van der Waals surface area contributed by atoms with Crippen molar-refractivity contribution in [1.82, 2.24) is 15.0 Å². The standard InChI is InChI=1S/C27H19N2O2.C14H14N.Ir/c1-16(2)18-11-12-28-22(13-18)20-10-6-9-19-21-14-23-25(15-24(21)30-26(19)20)31-27(29-23)17-7-4-3-5-8-17;1-11(2)13-8-9-15-14(10-13)12-6-4-3-5-7-12;/h3-9,11-16H,1-2H3;3-6,8-11H,1-2H3;/q2*-1;. The third-order valence-electron chi connectivity index (χ3n) is 8.10. The van der Waals surface area contributed by atoms with Crippen molar-refractivity contribution in [2.24, 2.45) is 0 Å². The Morgan fingerprint density at radius 1 is 0.617 bits per heavy atom. The third kappa shape index (κ3) is 6.66. The minimum Gasteiger partial charge on any atom is -0.500 e. The van der Waals surface area contributed by atoms with E-state index in [1.807, 2.05) is 91.3 Å². The summed E-state index contributed by atoms with van der Waals surface area (Å²) in [6.45, 7) is 8.73. The van der Waals surface area contributed by atoms with E-state index in [1.54, 1.807) is 0 Å². The van der Waals surface area contributed by atoms with E-state index in [1.165, 1.54) is 11.1 Å². The summed E-state index contributed by atoms with van der Waals surface area (Å²) in [5.74, 6) is 1.57. The van der Waals surface area contributed by atoms with Crippen LogP contribution >= 0.6 is 0 Å². The fourth-order valence-electron chi connectivity index (χ4n) is 5.51. The first kappa shape index (κ1) is 32.1. The zero-order valence-electron chi connectivity index (χ0n) is 26.6. The van der Waals surface area contributed by atoms with Crippen LogP contribution in [0.15, 0.2) is 124 Å². The van der Waals surface area contributed by atoms with Crippen molar-refractivity contribution in [3.05, 3.63) is 139 Å². The normalized spacial score (nSPS) is 11.2. The Balaban J connectivity index is 0.000000204. The number of hydrogen-bond donors (Lipinski definition) is 0. The summed E-state index contributed by atoms with van der Waals surface area (Å²) < 4.78 is 12.3. The number of fused-ring (bicyclic) bond motifs is 4. The van der Waals surface area contributed by atoms with Crippen molar-refractivity contribution in [2.75, 3.05) is 0 Å². The molecular weight excluding hydrogens is 759 g/mol. The van der Waals surface area contributed by atoms with Gasteiger partial charge in [0, 0.05) is 49.5 Å². The first-order valence-electron chi connectivity index (χ1n) is 15.6. The zero-order chi connectivity index (χ0) is 31.6. The summed E-state index contributed by atoms with van der Waals surface area (Å²) in [4.78, 5) is 13.6. The van der Waals surface area contributed by atoms with Gasteiger partial charge in [0.25, 0.3) is 0 Å². The van der Waals surface area contributed by atoms with Gasteiger partial charge in [-0.05, 0) is 53.6 Å². The summed E-state index contributed by atoms with van der Waals surface area (Å²) in [6, 6.07) is 40.6. The molecule has 235 valence electrons. The van der Waals surface area contributed by atoms with Crippen LogP contribution in [0, 0.1) is 12.1 Å². The van der Waals surface area contributed by atoms with Gasteiger partial charge in [-0.2, -0.15) is 0 Å². The fraction of sp³-hybridized carbons (Fsp3) is 0.146. The first-order chi connectivity index (χ1) is 22.4. The van der Waals surface area contributed by atoms with E-state index in [4.69, 9.17) is 13.8 Å². The molecule has 1 radical (unpaired) electrons. The van der Waals surface area contributed by atoms with Crippen LogP contribution in [0.5, 0.6) is 0 Å². The van der Waals surface area contributed by atoms with Gasteiger partial charge in [0.1, 0.15) is 11.1 Å². The molecule has 0 aliphatic heterocycles. The predicted octanol–water partition coefficient (Wildman–Crippen LogP) is 11.0. The van der Waals surface area contributed by atoms with Crippen LogP contribution < -0.4 is 0 Å². The van der Waals surface area contributed by atoms with E-state index in [-0.39, 0.29) is 20.1 Å². The van der Waals surface area contributed by atoms with Crippen molar-refractivity contribution < 1.29 is 28.9 Å². The molecule has 0 saturated heterocycles. The van der Waals surface area contributed by atoms with Crippen molar-refractivity contribution >= 4 is 33.0 Å². The van der Waals surface area contributed by atoms with Gasteiger partial charge in [-0.3, -0.25) is 0 Å². The maximum Gasteiger partial charge on any atom is 0.227 e. The van der Waals surface area contributed by atoms with Gasteiger partial charge in [-0.15, -0.1) is 54.1 Å². The second kappa shape index (κ2) is 13.8. The van der Waals surface area contributed by atoms with Gasteiger partial charge in [0.15, 0.2) is 5.58 Å². The van der Waals surface area contributed by atoms with Crippen molar-refractivity contribution in [3.8, 4) is 34.0 Å². The monoisotopic (exact) mass is 792 g/mol. The smallest absolute Gasteiger partial charge is 0.227 e. The van der Waals surface area contributed by atoms with Gasteiger partial charge in [0.05, 0.1) is 5.58 Å². The molecule has 6 heteroatoms. The molecule has 4 heterocycles. The Bertz CT molecular complexity index is 2270. The van der Waals surface area contributed by atoms with E-state index < -0.39 is 0 Å². The molecule has 4 aromatic heterocycles. The Morgan fingerprint density at radius 3 is 2.02 bits per heavy atom. The second-order valence-corrected chi connectivity index (χ2v) is 11.9. The molecule has 5 nitrogen and oxygen atoms in total.